The van der Waals surface area contributed by atoms with Crippen molar-refractivity contribution >= 4 is 21.4 Å². The highest BCUT2D eigenvalue weighted by molar-refractivity contribution is 7.91. The summed E-state index contributed by atoms with van der Waals surface area (Å²) >= 11 is 0. The molecule has 1 aromatic rings. The van der Waals surface area contributed by atoms with Crippen LogP contribution < -0.4 is 5.73 Å². The molecule has 0 aromatic heterocycles. The Kier molecular flexibility index (Phi) is 4.19. The average molecular weight is 310 g/mol. The lowest BCUT2D eigenvalue weighted by molar-refractivity contribution is 0.0724. The van der Waals surface area contributed by atoms with E-state index in [-0.39, 0.29) is 29.3 Å². The van der Waals surface area contributed by atoms with Gasteiger partial charge in [-0.25, -0.2) is 12.8 Å². The van der Waals surface area contributed by atoms with Crippen LogP contribution in [0.3, 0.4) is 0 Å². The number of nitrogens with zero attached hydrogens (tertiary/aromatic N) is 1. The molecule has 0 saturated carbocycles. The van der Waals surface area contributed by atoms with Crippen molar-refractivity contribution in [2.75, 3.05) is 23.8 Å². The van der Waals surface area contributed by atoms with Gasteiger partial charge in [0.25, 0.3) is 5.91 Å². The third kappa shape index (κ3) is 3.34. The van der Waals surface area contributed by atoms with Crippen molar-refractivity contribution in [3.8, 4) is 12.3 Å². The highest BCUT2D eigenvalue weighted by atomic mass is 32.2. The van der Waals surface area contributed by atoms with E-state index in [0.29, 0.717) is 6.42 Å². The number of hydrogen-bond donors (Lipinski definition) is 1. The maximum atomic E-state index is 13.5. The molecule has 1 aliphatic rings. The van der Waals surface area contributed by atoms with Crippen LogP contribution in [0.4, 0.5) is 10.1 Å². The van der Waals surface area contributed by atoms with Gasteiger partial charge in [-0.15, -0.1) is 6.42 Å². The minimum Gasteiger partial charge on any atom is -0.396 e. The van der Waals surface area contributed by atoms with Crippen molar-refractivity contribution < 1.29 is 17.6 Å². The summed E-state index contributed by atoms with van der Waals surface area (Å²) in [6.45, 7) is -0.0228. The zero-order chi connectivity index (χ0) is 15.6. The number of nitrogen functional groups attached to an aromatic ring is 1. The maximum Gasteiger partial charge on any atom is 0.255 e. The molecule has 0 spiro atoms. The van der Waals surface area contributed by atoms with Gasteiger partial charge in [0.2, 0.25) is 0 Å². The molecule has 1 heterocycles. The molecular formula is C14H15FN2O3S. The number of carbonyl (C=O) groups excluding carboxylic acids is 1. The fourth-order valence-corrected chi connectivity index (χ4v) is 4.04. The van der Waals surface area contributed by atoms with Crippen molar-refractivity contribution in [2.24, 2.45) is 0 Å². The topological polar surface area (TPSA) is 80.5 Å². The third-order valence-electron chi connectivity index (χ3n) is 3.42. The number of terminal acetylenes is 1. The molecule has 112 valence electrons. The second-order valence-corrected chi connectivity index (χ2v) is 7.16. The lowest BCUT2D eigenvalue weighted by Crippen LogP contribution is -2.41. The molecule has 21 heavy (non-hydrogen) atoms. The molecule has 2 N–H and O–H groups in total. The minimum atomic E-state index is -3.15. The minimum absolute atomic E-state index is 0.0228. The number of hydrogen-bond acceptors (Lipinski definition) is 4. The van der Waals surface area contributed by atoms with Gasteiger partial charge in [0.15, 0.2) is 9.84 Å². The number of amides is 1. The van der Waals surface area contributed by atoms with Crippen molar-refractivity contribution in [1.82, 2.24) is 4.90 Å². The van der Waals surface area contributed by atoms with Gasteiger partial charge in [0.05, 0.1) is 23.7 Å². The van der Waals surface area contributed by atoms with Crippen molar-refractivity contribution in [2.45, 2.75) is 12.5 Å². The molecule has 1 aliphatic heterocycles. The Morgan fingerprint density at radius 2 is 2.24 bits per heavy atom. The van der Waals surface area contributed by atoms with E-state index in [4.69, 9.17) is 12.2 Å². The quantitative estimate of drug-likeness (QED) is 0.657. The van der Waals surface area contributed by atoms with Crippen molar-refractivity contribution in [3.63, 3.8) is 0 Å². The number of nitrogens with two attached hydrogens (primary N) is 1. The smallest absolute Gasteiger partial charge is 0.255 e. The average Bonchev–Trinajstić information content (AvgIpc) is 2.78. The number of rotatable bonds is 3. The van der Waals surface area contributed by atoms with Gasteiger partial charge in [-0.3, -0.25) is 4.79 Å². The van der Waals surface area contributed by atoms with Gasteiger partial charge >= 0.3 is 0 Å². The van der Waals surface area contributed by atoms with E-state index < -0.39 is 27.6 Å². The van der Waals surface area contributed by atoms with Gasteiger partial charge < -0.3 is 10.6 Å². The Bertz CT molecular complexity index is 709. The van der Waals surface area contributed by atoms with Crippen LogP contribution in [0.5, 0.6) is 0 Å². The second kappa shape index (κ2) is 5.74. The Balaban J connectivity index is 2.28. The molecule has 1 aromatic carbocycles. The molecule has 0 radical (unpaired) electrons. The van der Waals surface area contributed by atoms with Crippen molar-refractivity contribution in [3.05, 3.63) is 29.6 Å². The van der Waals surface area contributed by atoms with Crippen LogP contribution in [0, 0.1) is 18.2 Å². The van der Waals surface area contributed by atoms with Crippen LogP contribution in [0.15, 0.2) is 18.2 Å². The third-order valence-corrected chi connectivity index (χ3v) is 5.17. The fraction of sp³-hybridized carbons (Fsp3) is 0.357. The van der Waals surface area contributed by atoms with Crippen LogP contribution in [-0.2, 0) is 9.84 Å². The number of sulfone groups is 1. The van der Waals surface area contributed by atoms with E-state index in [1.165, 1.54) is 17.0 Å². The van der Waals surface area contributed by atoms with Crippen LogP contribution in [-0.4, -0.2) is 43.3 Å². The zero-order valence-corrected chi connectivity index (χ0v) is 12.1. The van der Waals surface area contributed by atoms with Gasteiger partial charge in [-0.2, -0.15) is 0 Å². The first-order chi connectivity index (χ1) is 9.84. The molecule has 1 amide bonds. The van der Waals surface area contributed by atoms with E-state index >= 15 is 0 Å². The molecule has 0 aliphatic carbocycles. The number of halogens is 1. The molecule has 5 nitrogen and oxygen atoms in total. The maximum absolute atomic E-state index is 13.5. The standard InChI is InChI=1S/C14H15FN2O3S/c1-2-6-17(11-5-7-21(19,20)9-11)14(18)10-3-4-13(16)12(15)8-10/h1,3-4,8,11H,5-7,9,16H2. The van der Waals surface area contributed by atoms with Gasteiger partial charge in [0.1, 0.15) is 5.82 Å². The highest BCUT2D eigenvalue weighted by Crippen LogP contribution is 2.21. The fourth-order valence-electron chi connectivity index (χ4n) is 2.31. The van der Waals surface area contributed by atoms with Crippen LogP contribution in [0.1, 0.15) is 16.8 Å². The SMILES string of the molecule is C#CCN(C(=O)c1ccc(N)c(F)c1)C1CCS(=O)(=O)C1. The summed E-state index contributed by atoms with van der Waals surface area (Å²) in [5.41, 5.74) is 5.41. The predicted molar refractivity (Wildman–Crippen MR) is 77.7 cm³/mol. The predicted octanol–water partition coefficient (Wildman–Crippen LogP) is 0.670. The lowest BCUT2D eigenvalue weighted by atomic mass is 10.1. The van der Waals surface area contributed by atoms with E-state index in [1.807, 2.05) is 0 Å². The Hall–Kier alpha value is -2.07. The summed E-state index contributed by atoms with van der Waals surface area (Å²) in [6.07, 6.45) is 5.59. The Morgan fingerprint density at radius 3 is 2.76 bits per heavy atom. The van der Waals surface area contributed by atoms with Crippen molar-refractivity contribution in [1.29, 1.82) is 0 Å². The van der Waals surface area contributed by atoms with E-state index in [1.54, 1.807) is 0 Å². The van der Waals surface area contributed by atoms with Crippen LogP contribution in [0.2, 0.25) is 0 Å². The molecule has 1 saturated heterocycles. The van der Waals surface area contributed by atoms with Gasteiger partial charge in [0, 0.05) is 11.6 Å². The second-order valence-electron chi connectivity index (χ2n) is 4.93. The zero-order valence-electron chi connectivity index (χ0n) is 11.3. The van der Waals surface area contributed by atoms with Crippen LogP contribution in [0.25, 0.3) is 0 Å². The van der Waals surface area contributed by atoms with Gasteiger partial charge in [-0.05, 0) is 24.6 Å². The van der Waals surface area contributed by atoms with Gasteiger partial charge in [-0.1, -0.05) is 5.92 Å². The van der Waals surface area contributed by atoms with E-state index in [0.717, 1.165) is 6.07 Å². The Morgan fingerprint density at radius 1 is 1.52 bits per heavy atom. The summed E-state index contributed by atoms with van der Waals surface area (Å²) in [5.74, 6) is 1.07. The molecule has 1 fully saturated rings. The van der Waals surface area contributed by atoms with E-state index in [9.17, 15) is 17.6 Å². The highest BCUT2D eigenvalue weighted by Gasteiger charge is 2.34. The molecular weight excluding hydrogens is 295 g/mol. The number of anilines is 1. The summed E-state index contributed by atoms with van der Waals surface area (Å²) in [6, 6.07) is 3.25. The van der Waals surface area contributed by atoms with Crippen LogP contribution >= 0.6 is 0 Å². The normalized spacial score (nSPS) is 19.9. The largest absolute Gasteiger partial charge is 0.396 e. The monoisotopic (exact) mass is 310 g/mol. The summed E-state index contributed by atoms with van der Waals surface area (Å²) in [7, 11) is -3.15. The molecule has 1 atom stereocenters. The molecule has 7 heteroatoms. The molecule has 2 rings (SSSR count). The molecule has 1 unspecified atom stereocenters. The van der Waals surface area contributed by atoms with E-state index in [2.05, 4.69) is 5.92 Å². The first-order valence-corrected chi connectivity index (χ1v) is 8.16. The summed E-state index contributed by atoms with van der Waals surface area (Å²) in [5, 5.41) is 0. The first-order valence-electron chi connectivity index (χ1n) is 6.34. The molecule has 0 bridgehead atoms. The summed E-state index contributed by atoms with van der Waals surface area (Å²) in [4.78, 5) is 13.7. The first kappa shape index (κ1) is 15.3. The Labute approximate surface area is 122 Å². The summed E-state index contributed by atoms with van der Waals surface area (Å²) < 4.78 is 36.5. The number of carbonyl (C=O) groups is 1. The number of benzene rings is 1. The lowest BCUT2D eigenvalue weighted by Gasteiger charge is -2.26.